The summed E-state index contributed by atoms with van der Waals surface area (Å²) in [6, 6.07) is 0.243. The van der Waals surface area contributed by atoms with Crippen LogP contribution in [0, 0.1) is 0 Å². The van der Waals surface area contributed by atoms with Gasteiger partial charge >= 0.3 is 0 Å². The Kier molecular flexibility index (Phi) is 3.26. The lowest BCUT2D eigenvalue weighted by atomic mass is 10.3. The third-order valence-corrected chi connectivity index (χ3v) is 3.39. The summed E-state index contributed by atoms with van der Waals surface area (Å²) in [4.78, 5) is 15.8. The van der Waals surface area contributed by atoms with Gasteiger partial charge in [0.1, 0.15) is 0 Å². The van der Waals surface area contributed by atoms with Crippen LogP contribution >= 0.6 is 0 Å². The van der Waals surface area contributed by atoms with Gasteiger partial charge in [0, 0.05) is 19.1 Å². The number of aliphatic hydroxyl groups is 1. The summed E-state index contributed by atoms with van der Waals surface area (Å²) in [6.45, 7) is 5.88. The molecule has 2 aliphatic rings. The molecule has 0 radical (unpaired) electrons. The third kappa shape index (κ3) is 2.49. The Morgan fingerprint density at radius 2 is 2.13 bits per heavy atom. The van der Waals surface area contributed by atoms with Crippen molar-refractivity contribution in [1.82, 2.24) is 9.80 Å². The molecule has 2 aliphatic heterocycles. The van der Waals surface area contributed by atoms with Crippen LogP contribution < -0.4 is 0 Å². The van der Waals surface area contributed by atoms with E-state index in [9.17, 15) is 9.90 Å². The second kappa shape index (κ2) is 4.49. The van der Waals surface area contributed by atoms with Gasteiger partial charge in [0.05, 0.1) is 12.5 Å². The number of rotatable bonds is 3. The minimum atomic E-state index is -0.446. The molecule has 4 nitrogen and oxygen atoms in total. The number of hydrogen-bond acceptors (Lipinski definition) is 3. The van der Waals surface area contributed by atoms with Crippen molar-refractivity contribution in [1.29, 1.82) is 0 Å². The van der Waals surface area contributed by atoms with Gasteiger partial charge in [-0.2, -0.15) is 0 Å². The van der Waals surface area contributed by atoms with Gasteiger partial charge < -0.3 is 14.9 Å². The maximum absolute atomic E-state index is 11.5. The lowest BCUT2D eigenvalue weighted by Crippen LogP contribution is -2.42. The first-order chi connectivity index (χ1) is 7.16. The van der Waals surface area contributed by atoms with E-state index in [-0.39, 0.29) is 11.9 Å². The van der Waals surface area contributed by atoms with E-state index < -0.39 is 6.10 Å². The fourth-order valence-electron chi connectivity index (χ4n) is 2.58. The molecule has 0 aromatic carbocycles. The van der Waals surface area contributed by atoms with E-state index in [1.54, 1.807) is 0 Å². The van der Waals surface area contributed by atoms with Gasteiger partial charge in [0.2, 0.25) is 5.91 Å². The number of carbonyl (C=O) groups excluding carboxylic acids is 1. The largest absolute Gasteiger partial charge is 0.391 e. The normalized spacial score (nSPS) is 30.1. The van der Waals surface area contributed by atoms with Gasteiger partial charge in [0.15, 0.2) is 0 Å². The fourth-order valence-corrected chi connectivity index (χ4v) is 2.58. The molecule has 0 spiro atoms. The molecule has 0 bridgehead atoms. The highest BCUT2D eigenvalue weighted by Gasteiger charge is 2.32. The highest BCUT2D eigenvalue weighted by Crippen LogP contribution is 2.16. The van der Waals surface area contributed by atoms with Gasteiger partial charge in [-0.3, -0.25) is 4.79 Å². The van der Waals surface area contributed by atoms with Crippen LogP contribution in [0.2, 0.25) is 0 Å². The summed E-state index contributed by atoms with van der Waals surface area (Å²) >= 11 is 0. The highest BCUT2D eigenvalue weighted by molar-refractivity contribution is 5.79. The Morgan fingerprint density at radius 1 is 1.47 bits per heavy atom. The molecule has 86 valence electrons. The summed E-state index contributed by atoms with van der Waals surface area (Å²) < 4.78 is 0. The number of nitrogens with zero attached hydrogens (tertiary/aromatic N) is 2. The number of likely N-dealkylation sites (tertiary alicyclic amines) is 2. The van der Waals surface area contributed by atoms with Crippen LogP contribution in [-0.4, -0.2) is 59.1 Å². The van der Waals surface area contributed by atoms with E-state index in [1.807, 2.05) is 4.90 Å². The molecule has 0 aromatic rings. The van der Waals surface area contributed by atoms with E-state index in [1.165, 1.54) is 12.8 Å². The molecular formula is C11H20N2O2. The molecular weight excluding hydrogens is 192 g/mol. The first-order valence-corrected chi connectivity index (χ1v) is 5.86. The number of aliphatic hydroxyl groups excluding tert-OH is 1. The molecule has 2 unspecified atom stereocenters. The van der Waals surface area contributed by atoms with Gasteiger partial charge in [-0.05, 0) is 32.9 Å². The van der Waals surface area contributed by atoms with Crippen molar-refractivity contribution in [2.24, 2.45) is 0 Å². The van der Waals surface area contributed by atoms with Crippen LogP contribution in [0.15, 0.2) is 0 Å². The van der Waals surface area contributed by atoms with Crippen molar-refractivity contribution in [2.75, 3.05) is 26.2 Å². The van der Waals surface area contributed by atoms with E-state index in [0.717, 1.165) is 19.6 Å². The van der Waals surface area contributed by atoms with Crippen LogP contribution in [0.5, 0.6) is 0 Å². The Balaban J connectivity index is 1.84. The average molecular weight is 212 g/mol. The van der Waals surface area contributed by atoms with E-state index in [0.29, 0.717) is 13.0 Å². The van der Waals surface area contributed by atoms with Gasteiger partial charge in [-0.15, -0.1) is 0 Å². The zero-order chi connectivity index (χ0) is 10.8. The molecule has 0 aromatic heterocycles. The lowest BCUT2D eigenvalue weighted by molar-refractivity contribution is -0.129. The van der Waals surface area contributed by atoms with Crippen LogP contribution in [0.3, 0.4) is 0 Å². The van der Waals surface area contributed by atoms with Crippen molar-refractivity contribution in [3.05, 3.63) is 0 Å². The van der Waals surface area contributed by atoms with Crippen molar-refractivity contribution in [3.8, 4) is 0 Å². The second-order valence-electron chi connectivity index (χ2n) is 4.76. The molecule has 0 saturated carbocycles. The lowest BCUT2D eigenvalue weighted by Gasteiger charge is -2.28. The summed E-state index contributed by atoms with van der Waals surface area (Å²) in [5, 5.41) is 9.40. The number of carbonyl (C=O) groups is 1. The first kappa shape index (κ1) is 10.9. The van der Waals surface area contributed by atoms with E-state index >= 15 is 0 Å². The summed E-state index contributed by atoms with van der Waals surface area (Å²) in [6.07, 6.45) is 2.43. The Morgan fingerprint density at radius 3 is 2.67 bits per heavy atom. The van der Waals surface area contributed by atoms with E-state index in [4.69, 9.17) is 0 Å². The minimum Gasteiger partial charge on any atom is -0.391 e. The summed E-state index contributed by atoms with van der Waals surface area (Å²) in [5.41, 5.74) is 0. The van der Waals surface area contributed by atoms with Crippen LogP contribution in [0.25, 0.3) is 0 Å². The number of hydrogen-bond donors (Lipinski definition) is 1. The average Bonchev–Trinajstić information content (AvgIpc) is 2.75. The molecule has 1 amide bonds. The monoisotopic (exact) mass is 212 g/mol. The van der Waals surface area contributed by atoms with Gasteiger partial charge in [-0.1, -0.05) is 0 Å². The van der Waals surface area contributed by atoms with Gasteiger partial charge in [0.25, 0.3) is 0 Å². The highest BCUT2D eigenvalue weighted by atomic mass is 16.3. The Labute approximate surface area is 90.9 Å². The predicted octanol–water partition coefficient (Wildman–Crippen LogP) is 0.0639. The molecule has 0 aliphatic carbocycles. The maximum atomic E-state index is 11.5. The van der Waals surface area contributed by atoms with Crippen LogP contribution in [0.1, 0.15) is 26.2 Å². The molecule has 1 N–H and O–H groups in total. The summed E-state index contributed by atoms with van der Waals surface area (Å²) in [5.74, 6) is 0.106. The third-order valence-electron chi connectivity index (χ3n) is 3.39. The molecule has 4 heteroatoms. The standard InChI is InChI=1S/C11H20N2O2/c1-9(7-12-4-2-3-5-12)13-8-10(14)6-11(13)15/h9-10,14H,2-8H2,1H3. The fraction of sp³-hybridized carbons (Fsp3) is 0.909. The molecule has 2 atom stereocenters. The van der Waals surface area contributed by atoms with Crippen LogP contribution in [0.4, 0.5) is 0 Å². The summed E-state index contributed by atoms with van der Waals surface area (Å²) in [7, 11) is 0. The van der Waals surface area contributed by atoms with E-state index in [2.05, 4.69) is 11.8 Å². The first-order valence-electron chi connectivity index (χ1n) is 5.86. The Hall–Kier alpha value is -0.610. The van der Waals surface area contributed by atoms with Gasteiger partial charge in [-0.25, -0.2) is 0 Å². The molecule has 2 fully saturated rings. The van der Waals surface area contributed by atoms with Crippen molar-refractivity contribution < 1.29 is 9.90 Å². The van der Waals surface area contributed by atoms with Crippen molar-refractivity contribution in [2.45, 2.75) is 38.3 Å². The van der Waals surface area contributed by atoms with Crippen molar-refractivity contribution >= 4 is 5.91 Å². The minimum absolute atomic E-state index is 0.106. The topological polar surface area (TPSA) is 43.8 Å². The predicted molar refractivity (Wildman–Crippen MR) is 57.5 cm³/mol. The smallest absolute Gasteiger partial charge is 0.225 e. The molecule has 15 heavy (non-hydrogen) atoms. The SMILES string of the molecule is CC(CN1CCCC1)N1CC(O)CC1=O. The molecule has 2 saturated heterocycles. The zero-order valence-corrected chi connectivity index (χ0v) is 9.35. The molecule has 2 rings (SSSR count). The number of amides is 1. The van der Waals surface area contributed by atoms with Crippen molar-refractivity contribution in [3.63, 3.8) is 0 Å². The quantitative estimate of drug-likeness (QED) is 0.719. The Bertz CT molecular complexity index is 239. The maximum Gasteiger partial charge on any atom is 0.225 e. The molecule has 2 heterocycles. The van der Waals surface area contributed by atoms with Crippen LogP contribution in [-0.2, 0) is 4.79 Å². The second-order valence-corrected chi connectivity index (χ2v) is 4.76. The number of β-amino-alcohol motifs (C(OH)–C–C–N with tert-alkyl or cyclic N) is 1. The zero-order valence-electron chi connectivity index (χ0n) is 9.35.